The van der Waals surface area contributed by atoms with Gasteiger partial charge in [0.25, 0.3) is 0 Å². The van der Waals surface area contributed by atoms with Crippen molar-refractivity contribution in [3.63, 3.8) is 0 Å². The lowest BCUT2D eigenvalue weighted by Crippen LogP contribution is -2.49. The maximum Gasteiger partial charge on any atom is 0.191 e. The van der Waals surface area contributed by atoms with Gasteiger partial charge in [0.15, 0.2) is 11.8 Å². The molecule has 0 amide bonds. The first-order chi connectivity index (χ1) is 13.2. The molecule has 1 aliphatic carbocycles. The number of ether oxygens (including phenoxy) is 2. The smallest absolute Gasteiger partial charge is 0.191 e. The maximum atomic E-state index is 5.34. The summed E-state index contributed by atoms with van der Waals surface area (Å²) in [4.78, 5) is 8.98. The van der Waals surface area contributed by atoms with E-state index >= 15 is 0 Å². The summed E-state index contributed by atoms with van der Waals surface area (Å²) in [5.74, 6) is 2.69. The van der Waals surface area contributed by atoms with Crippen LogP contribution in [0.5, 0.6) is 0 Å². The van der Waals surface area contributed by atoms with Gasteiger partial charge in [0.05, 0.1) is 6.54 Å². The molecule has 1 aromatic heterocycles. The number of guanidine groups is 1. The zero-order chi connectivity index (χ0) is 19.1. The molecule has 2 aliphatic rings. The quantitative estimate of drug-likeness (QED) is 0.527. The lowest BCUT2D eigenvalue weighted by molar-refractivity contribution is 0.138. The molecule has 1 unspecified atom stereocenters. The van der Waals surface area contributed by atoms with E-state index in [0.29, 0.717) is 18.1 Å². The summed E-state index contributed by atoms with van der Waals surface area (Å²) < 4.78 is 12.5. The zero-order valence-corrected chi connectivity index (χ0v) is 17.0. The second-order valence-corrected chi connectivity index (χ2v) is 7.81. The van der Waals surface area contributed by atoms with Gasteiger partial charge in [-0.1, -0.05) is 12.8 Å². The Labute approximate surface area is 162 Å². The number of aryl methyl sites for hydroxylation is 1. The number of hydrogen-bond acceptors (Lipinski definition) is 5. The van der Waals surface area contributed by atoms with Gasteiger partial charge in [-0.05, 0) is 31.1 Å². The second kappa shape index (κ2) is 9.50. The van der Waals surface area contributed by atoms with Crippen LogP contribution in [0, 0.1) is 5.41 Å². The average molecular weight is 379 g/mol. The van der Waals surface area contributed by atoms with Crippen molar-refractivity contribution in [1.82, 2.24) is 25.4 Å². The Hall–Kier alpha value is -1.67. The van der Waals surface area contributed by atoms with Gasteiger partial charge in [0.1, 0.15) is 12.4 Å². The summed E-state index contributed by atoms with van der Waals surface area (Å²) >= 11 is 0. The molecular formula is C19H34N6O2. The number of methoxy groups -OCH3 is 2. The summed E-state index contributed by atoms with van der Waals surface area (Å²) in [7, 11) is 5.30. The van der Waals surface area contributed by atoms with Gasteiger partial charge < -0.3 is 20.1 Å². The minimum absolute atomic E-state index is 0.305. The fourth-order valence-electron chi connectivity index (χ4n) is 4.29. The first kappa shape index (κ1) is 20.1. The summed E-state index contributed by atoms with van der Waals surface area (Å²) in [5, 5.41) is 11.7. The summed E-state index contributed by atoms with van der Waals surface area (Å²) in [5.41, 5.74) is 0.342. The van der Waals surface area contributed by atoms with Crippen LogP contribution >= 0.6 is 0 Å². The lowest BCUT2D eigenvalue weighted by atomic mass is 9.83. The molecule has 0 radical (unpaired) electrons. The number of hydrogen-bond donors (Lipinski definition) is 2. The topological polar surface area (TPSA) is 85.6 Å². The van der Waals surface area contributed by atoms with Crippen LogP contribution < -0.4 is 10.6 Å². The number of rotatable bonds is 8. The summed E-state index contributed by atoms with van der Waals surface area (Å²) in [6, 6.07) is 0.305. The molecule has 1 atom stereocenters. The molecule has 8 heteroatoms. The highest BCUT2D eigenvalue weighted by Gasteiger charge is 2.33. The molecule has 2 N–H and O–H groups in total. The third-order valence-corrected chi connectivity index (χ3v) is 5.87. The highest BCUT2D eigenvalue weighted by Crippen LogP contribution is 2.40. The molecule has 3 rings (SSSR count). The molecule has 0 aromatic carbocycles. The van der Waals surface area contributed by atoms with Crippen LogP contribution in [0.25, 0.3) is 0 Å². The van der Waals surface area contributed by atoms with Gasteiger partial charge in [0, 0.05) is 46.9 Å². The van der Waals surface area contributed by atoms with Crippen molar-refractivity contribution in [1.29, 1.82) is 0 Å². The first-order valence-electron chi connectivity index (χ1n) is 10.1. The first-order valence-corrected chi connectivity index (χ1v) is 10.1. The van der Waals surface area contributed by atoms with Crippen LogP contribution in [0.1, 0.15) is 50.2 Å². The highest BCUT2D eigenvalue weighted by molar-refractivity contribution is 5.80. The van der Waals surface area contributed by atoms with Crippen molar-refractivity contribution in [2.45, 2.75) is 64.1 Å². The molecule has 1 aromatic rings. The Morgan fingerprint density at radius 1 is 1.30 bits per heavy atom. The van der Waals surface area contributed by atoms with E-state index in [1.54, 1.807) is 14.2 Å². The van der Waals surface area contributed by atoms with E-state index in [9.17, 15) is 0 Å². The van der Waals surface area contributed by atoms with Crippen molar-refractivity contribution in [3.05, 3.63) is 11.6 Å². The van der Waals surface area contributed by atoms with Gasteiger partial charge in [-0.2, -0.15) is 5.10 Å². The van der Waals surface area contributed by atoms with Crippen molar-refractivity contribution in [3.8, 4) is 0 Å². The second-order valence-electron chi connectivity index (χ2n) is 7.81. The molecule has 0 saturated heterocycles. The van der Waals surface area contributed by atoms with E-state index in [0.717, 1.165) is 56.6 Å². The summed E-state index contributed by atoms with van der Waals surface area (Å²) in [6.45, 7) is 3.05. The molecule has 152 valence electrons. The van der Waals surface area contributed by atoms with E-state index in [-0.39, 0.29) is 0 Å². The maximum absolute atomic E-state index is 5.34. The molecule has 0 bridgehead atoms. The Balaban J connectivity index is 1.52. The van der Waals surface area contributed by atoms with Crippen LogP contribution in [-0.4, -0.2) is 61.2 Å². The molecular weight excluding hydrogens is 344 g/mol. The van der Waals surface area contributed by atoms with Gasteiger partial charge >= 0.3 is 0 Å². The van der Waals surface area contributed by atoms with Crippen molar-refractivity contribution < 1.29 is 9.47 Å². The average Bonchev–Trinajstić information content (AvgIpc) is 3.30. The standard InChI is InChI=1S/C19H34N6O2/c1-20-18(21-14-19(10-11-26-2)8-4-5-9-19)22-15-6-7-17-23-16(13-27-3)24-25(17)12-15/h15H,4-14H2,1-3H3,(H2,20,21,22). The fraction of sp³-hybridized carbons (Fsp3) is 0.842. The number of aromatic nitrogens is 3. The van der Waals surface area contributed by atoms with Gasteiger partial charge in [-0.25, -0.2) is 9.67 Å². The van der Waals surface area contributed by atoms with Gasteiger partial charge in [-0.15, -0.1) is 0 Å². The van der Waals surface area contributed by atoms with Crippen LogP contribution in [0.4, 0.5) is 0 Å². The van der Waals surface area contributed by atoms with E-state index in [1.165, 1.54) is 25.7 Å². The molecule has 8 nitrogen and oxygen atoms in total. The van der Waals surface area contributed by atoms with E-state index in [1.807, 2.05) is 11.7 Å². The van der Waals surface area contributed by atoms with Gasteiger partial charge in [0.2, 0.25) is 0 Å². The molecule has 2 heterocycles. The number of nitrogens with one attached hydrogen (secondary N) is 2. The van der Waals surface area contributed by atoms with E-state index in [4.69, 9.17) is 9.47 Å². The Morgan fingerprint density at radius 2 is 2.11 bits per heavy atom. The van der Waals surface area contributed by atoms with Gasteiger partial charge in [-0.3, -0.25) is 4.99 Å². The van der Waals surface area contributed by atoms with Crippen LogP contribution in [0.2, 0.25) is 0 Å². The van der Waals surface area contributed by atoms with Crippen molar-refractivity contribution in [2.24, 2.45) is 10.4 Å². The summed E-state index contributed by atoms with van der Waals surface area (Å²) in [6.07, 6.45) is 8.24. The minimum Gasteiger partial charge on any atom is -0.385 e. The minimum atomic E-state index is 0.305. The number of aliphatic imine (C=N–C) groups is 1. The molecule has 1 aliphatic heterocycles. The molecule has 1 saturated carbocycles. The normalized spacial score (nSPS) is 21.9. The zero-order valence-electron chi connectivity index (χ0n) is 17.0. The molecule has 1 fully saturated rings. The predicted octanol–water partition coefficient (Wildman–Crippen LogP) is 1.50. The van der Waals surface area contributed by atoms with Crippen molar-refractivity contribution >= 4 is 5.96 Å². The SMILES string of the molecule is CN=C(NCC1(CCOC)CCCC1)NC1CCc2nc(COC)nn2C1. The fourth-order valence-corrected chi connectivity index (χ4v) is 4.29. The van der Waals surface area contributed by atoms with Crippen LogP contribution in [0.15, 0.2) is 4.99 Å². The molecule has 0 spiro atoms. The Bertz CT molecular complexity index is 624. The number of fused-ring (bicyclic) bond motifs is 1. The monoisotopic (exact) mass is 378 g/mol. The van der Waals surface area contributed by atoms with Crippen LogP contribution in [0.3, 0.4) is 0 Å². The Morgan fingerprint density at radius 3 is 2.81 bits per heavy atom. The predicted molar refractivity (Wildman–Crippen MR) is 105 cm³/mol. The molecule has 27 heavy (non-hydrogen) atoms. The van der Waals surface area contributed by atoms with Crippen LogP contribution in [-0.2, 0) is 29.0 Å². The third-order valence-electron chi connectivity index (χ3n) is 5.87. The van der Waals surface area contributed by atoms with E-state index < -0.39 is 0 Å². The highest BCUT2D eigenvalue weighted by atomic mass is 16.5. The largest absolute Gasteiger partial charge is 0.385 e. The third kappa shape index (κ3) is 5.19. The van der Waals surface area contributed by atoms with E-state index in [2.05, 4.69) is 25.7 Å². The lowest BCUT2D eigenvalue weighted by Gasteiger charge is -2.31. The van der Waals surface area contributed by atoms with Crippen molar-refractivity contribution in [2.75, 3.05) is 34.4 Å². The Kier molecular flexibility index (Phi) is 7.07. The number of nitrogens with zero attached hydrogens (tertiary/aromatic N) is 4.